The van der Waals surface area contributed by atoms with E-state index in [1.165, 1.54) is 18.4 Å². The minimum atomic E-state index is -0.225. The van der Waals surface area contributed by atoms with Gasteiger partial charge in [-0.2, -0.15) is 0 Å². The quantitative estimate of drug-likeness (QED) is 0.776. The lowest BCUT2D eigenvalue weighted by molar-refractivity contribution is -0.141. The van der Waals surface area contributed by atoms with Crippen molar-refractivity contribution >= 4 is 17.3 Å². The Labute approximate surface area is 93.5 Å². The van der Waals surface area contributed by atoms with Gasteiger partial charge in [0, 0.05) is 23.0 Å². The summed E-state index contributed by atoms with van der Waals surface area (Å²) in [7, 11) is 1.39. The molecule has 1 aromatic rings. The molecule has 5 heteroatoms. The molecule has 0 aromatic carbocycles. The minimum Gasteiger partial charge on any atom is -0.469 e. The largest absolute Gasteiger partial charge is 0.469 e. The first-order valence-corrected chi connectivity index (χ1v) is 5.77. The first-order valence-electron chi connectivity index (χ1n) is 4.89. The van der Waals surface area contributed by atoms with Crippen LogP contribution in [0.15, 0.2) is 11.7 Å². The number of ether oxygens (including phenoxy) is 1. The molecule has 0 amide bonds. The van der Waals surface area contributed by atoms with E-state index in [0.29, 0.717) is 6.42 Å². The Morgan fingerprint density at radius 1 is 1.73 bits per heavy atom. The van der Waals surface area contributed by atoms with Crippen LogP contribution >= 0.6 is 11.3 Å². The molecule has 0 fully saturated rings. The summed E-state index contributed by atoms with van der Waals surface area (Å²) in [5.74, 6) is -0.202. The zero-order chi connectivity index (χ0) is 11.3. The highest BCUT2D eigenvalue weighted by molar-refractivity contribution is 7.09. The summed E-state index contributed by atoms with van der Waals surface area (Å²) < 4.78 is 4.66. The van der Waals surface area contributed by atoms with E-state index in [0.717, 1.165) is 11.3 Å². The van der Waals surface area contributed by atoms with Crippen molar-refractivity contribution in [1.29, 1.82) is 0 Å². The molecule has 1 aromatic heterocycles. The third kappa shape index (κ3) is 3.28. The van der Waals surface area contributed by atoms with Gasteiger partial charge in [-0.05, 0) is 6.42 Å². The zero-order valence-electron chi connectivity index (χ0n) is 8.97. The number of aromatic nitrogens is 1. The number of hydrogen-bond acceptors (Lipinski definition) is 5. The standard InChI is InChI=1S/C10H16N2O2S/c1-3-8(11)7(4-10(13)14-2)9-5-12-6-15-9/h5-8H,3-4,11H2,1-2H3. The number of carbonyl (C=O) groups excluding carboxylic acids is 1. The molecule has 0 radical (unpaired) electrons. The van der Waals surface area contributed by atoms with Crippen LogP contribution in [0.2, 0.25) is 0 Å². The number of rotatable bonds is 5. The van der Waals surface area contributed by atoms with Gasteiger partial charge in [0.15, 0.2) is 0 Å². The third-order valence-corrected chi connectivity index (χ3v) is 3.33. The van der Waals surface area contributed by atoms with E-state index in [-0.39, 0.29) is 17.9 Å². The molecule has 84 valence electrons. The molecule has 2 unspecified atom stereocenters. The van der Waals surface area contributed by atoms with Gasteiger partial charge in [-0.3, -0.25) is 9.78 Å². The highest BCUT2D eigenvalue weighted by Gasteiger charge is 2.23. The number of thiazole rings is 1. The predicted octanol–water partition coefficient (Wildman–Crippen LogP) is 1.53. The van der Waals surface area contributed by atoms with Gasteiger partial charge in [-0.1, -0.05) is 6.92 Å². The average molecular weight is 228 g/mol. The van der Waals surface area contributed by atoms with E-state index in [2.05, 4.69) is 9.72 Å². The van der Waals surface area contributed by atoms with Crippen LogP contribution in [0.1, 0.15) is 30.6 Å². The molecule has 1 rings (SSSR count). The van der Waals surface area contributed by atoms with E-state index in [4.69, 9.17) is 5.73 Å². The molecule has 15 heavy (non-hydrogen) atoms. The normalized spacial score (nSPS) is 14.6. The smallest absolute Gasteiger partial charge is 0.306 e. The second-order valence-electron chi connectivity index (χ2n) is 3.36. The van der Waals surface area contributed by atoms with Gasteiger partial charge >= 0.3 is 5.97 Å². The van der Waals surface area contributed by atoms with Crippen molar-refractivity contribution < 1.29 is 9.53 Å². The molecular formula is C10H16N2O2S. The first-order chi connectivity index (χ1) is 7.19. The number of carbonyl (C=O) groups is 1. The van der Waals surface area contributed by atoms with Crippen LogP contribution in [0.25, 0.3) is 0 Å². The number of nitrogens with two attached hydrogens (primary N) is 1. The van der Waals surface area contributed by atoms with Crippen LogP contribution in [-0.4, -0.2) is 24.1 Å². The van der Waals surface area contributed by atoms with Crippen molar-refractivity contribution in [2.45, 2.75) is 31.7 Å². The lowest BCUT2D eigenvalue weighted by atomic mass is 9.94. The maximum absolute atomic E-state index is 11.2. The molecule has 0 spiro atoms. The summed E-state index contributed by atoms with van der Waals surface area (Å²) in [6.45, 7) is 2.01. The van der Waals surface area contributed by atoms with Crippen LogP contribution in [0.4, 0.5) is 0 Å². The molecular weight excluding hydrogens is 212 g/mol. The van der Waals surface area contributed by atoms with Gasteiger partial charge in [0.05, 0.1) is 19.0 Å². The maximum Gasteiger partial charge on any atom is 0.306 e. The topological polar surface area (TPSA) is 65.2 Å². The fourth-order valence-corrected chi connectivity index (χ4v) is 2.22. The van der Waals surface area contributed by atoms with Crippen molar-refractivity contribution in [2.75, 3.05) is 7.11 Å². The fraction of sp³-hybridized carbons (Fsp3) is 0.600. The van der Waals surface area contributed by atoms with Gasteiger partial charge in [-0.15, -0.1) is 11.3 Å². The van der Waals surface area contributed by atoms with Crippen molar-refractivity contribution in [3.05, 3.63) is 16.6 Å². The molecule has 0 aliphatic heterocycles. The van der Waals surface area contributed by atoms with Crippen LogP contribution in [0.5, 0.6) is 0 Å². The Morgan fingerprint density at radius 3 is 2.93 bits per heavy atom. The van der Waals surface area contributed by atoms with E-state index in [1.807, 2.05) is 6.92 Å². The highest BCUT2D eigenvalue weighted by Crippen LogP contribution is 2.27. The molecule has 4 nitrogen and oxygen atoms in total. The lowest BCUT2D eigenvalue weighted by Crippen LogP contribution is -2.29. The first kappa shape index (κ1) is 12.1. The second kappa shape index (κ2) is 5.82. The fourth-order valence-electron chi connectivity index (χ4n) is 1.42. The van der Waals surface area contributed by atoms with Crippen molar-refractivity contribution in [2.24, 2.45) is 5.73 Å². The Kier molecular flexibility index (Phi) is 4.71. The van der Waals surface area contributed by atoms with Gasteiger partial charge in [0.1, 0.15) is 0 Å². The van der Waals surface area contributed by atoms with Crippen molar-refractivity contribution in [3.8, 4) is 0 Å². The van der Waals surface area contributed by atoms with Gasteiger partial charge < -0.3 is 10.5 Å². The van der Waals surface area contributed by atoms with Crippen LogP contribution in [0, 0.1) is 0 Å². The van der Waals surface area contributed by atoms with E-state index < -0.39 is 0 Å². The Hall–Kier alpha value is -0.940. The molecule has 0 saturated heterocycles. The van der Waals surface area contributed by atoms with E-state index >= 15 is 0 Å². The molecule has 2 atom stereocenters. The van der Waals surface area contributed by atoms with Crippen LogP contribution < -0.4 is 5.73 Å². The minimum absolute atomic E-state index is 0.0231. The second-order valence-corrected chi connectivity index (χ2v) is 4.28. The summed E-state index contributed by atoms with van der Waals surface area (Å²) >= 11 is 1.53. The number of esters is 1. The zero-order valence-corrected chi connectivity index (χ0v) is 9.79. The SMILES string of the molecule is CCC(N)C(CC(=O)OC)c1cncs1. The number of hydrogen-bond donors (Lipinski definition) is 1. The predicted molar refractivity (Wildman–Crippen MR) is 59.8 cm³/mol. The molecule has 0 aliphatic rings. The molecule has 0 saturated carbocycles. The molecule has 0 aliphatic carbocycles. The lowest BCUT2D eigenvalue weighted by Gasteiger charge is -2.19. The third-order valence-electron chi connectivity index (χ3n) is 2.42. The van der Waals surface area contributed by atoms with E-state index in [1.54, 1.807) is 11.7 Å². The summed E-state index contributed by atoms with van der Waals surface area (Å²) in [6, 6.07) is -0.0236. The summed E-state index contributed by atoms with van der Waals surface area (Å²) in [4.78, 5) is 16.3. The molecule has 0 bridgehead atoms. The number of methoxy groups -OCH3 is 1. The molecule has 2 N–H and O–H groups in total. The summed E-state index contributed by atoms with van der Waals surface area (Å²) in [5, 5.41) is 0. The Morgan fingerprint density at radius 2 is 2.47 bits per heavy atom. The number of nitrogens with zero attached hydrogens (tertiary/aromatic N) is 1. The van der Waals surface area contributed by atoms with Crippen LogP contribution in [0.3, 0.4) is 0 Å². The monoisotopic (exact) mass is 228 g/mol. The van der Waals surface area contributed by atoms with Crippen molar-refractivity contribution in [1.82, 2.24) is 4.98 Å². The highest BCUT2D eigenvalue weighted by atomic mass is 32.1. The van der Waals surface area contributed by atoms with E-state index in [9.17, 15) is 4.79 Å². The summed E-state index contributed by atoms with van der Waals surface area (Å²) in [6.07, 6.45) is 2.93. The van der Waals surface area contributed by atoms with Gasteiger partial charge in [0.2, 0.25) is 0 Å². The average Bonchev–Trinajstić information content (AvgIpc) is 2.77. The van der Waals surface area contributed by atoms with Gasteiger partial charge in [0.25, 0.3) is 0 Å². The van der Waals surface area contributed by atoms with Crippen molar-refractivity contribution in [3.63, 3.8) is 0 Å². The van der Waals surface area contributed by atoms with Crippen LogP contribution in [-0.2, 0) is 9.53 Å². The Bertz CT molecular complexity index is 300. The molecule has 1 heterocycles. The Balaban J connectivity index is 2.74. The summed E-state index contributed by atoms with van der Waals surface area (Å²) in [5.41, 5.74) is 7.73. The maximum atomic E-state index is 11.2. The van der Waals surface area contributed by atoms with Gasteiger partial charge in [-0.25, -0.2) is 0 Å².